The Morgan fingerprint density at radius 3 is 2.00 bits per heavy atom. The highest BCUT2D eigenvalue weighted by molar-refractivity contribution is 6.06. The third kappa shape index (κ3) is 3.20. The van der Waals surface area contributed by atoms with Crippen molar-refractivity contribution in [1.29, 1.82) is 0 Å². The van der Waals surface area contributed by atoms with Gasteiger partial charge in [-0.05, 0) is 24.6 Å². The topological polar surface area (TPSA) is 42.5 Å². The first-order valence-corrected chi connectivity index (χ1v) is 7.68. The van der Waals surface area contributed by atoms with Crippen molar-refractivity contribution in [2.45, 2.75) is 6.92 Å². The van der Waals surface area contributed by atoms with Crippen LogP contribution in [0.2, 0.25) is 0 Å². The summed E-state index contributed by atoms with van der Waals surface area (Å²) in [5.74, 6) is -1.99. The van der Waals surface area contributed by atoms with Crippen molar-refractivity contribution in [3.8, 4) is 11.5 Å². The number of allylic oxidation sites excluding steroid dienone is 3. The molecule has 1 aliphatic rings. The van der Waals surface area contributed by atoms with E-state index < -0.39 is 17.5 Å². The lowest BCUT2D eigenvalue weighted by Gasteiger charge is -2.23. The Labute approximate surface area is 148 Å². The van der Waals surface area contributed by atoms with Crippen LogP contribution in [0.15, 0.2) is 36.0 Å². The Hall–Kier alpha value is -3.09. The van der Waals surface area contributed by atoms with E-state index in [1.807, 2.05) is 0 Å². The summed E-state index contributed by atoms with van der Waals surface area (Å²) < 4.78 is 52.6. The van der Waals surface area contributed by atoms with Crippen LogP contribution in [0.25, 0.3) is 11.1 Å². The first-order chi connectivity index (χ1) is 12.4. The highest BCUT2D eigenvalue weighted by Crippen LogP contribution is 2.39. The van der Waals surface area contributed by atoms with Gasteiger partial charge in [0.15, 0.2) is 0 Å². The molecule has 26 heavy (non-hydrogen) atoms. The molecule has 1 heterocycles. The van der Waals surface area contributed by atoms with E-state index >= 15 is 0 Å². The fourth-order valence-corrected chi connectivity index (χ4v) is 2.76. The minimum absolute atomic E-state index is 0.217. The molecule has 3 rings (SSSR count). The van der Waals surface area contributed by atoms with Gasteiger partial charge in [0.05, 0.1) is 26.0 Å². The van der Waals surface area contributed by atoms with Crippen molar-refractivity contribution in [3.63, 3.8) is 0 Å². The Morgan fingerprint density at radius 2 is 1.46 bits per heavy atom. The zero-order chi connectivity index (χ0) is 18.8. The zero-order valence-electron chi connectivity index (χ0n) is 14.3. The molecule has 0 saturated carbocycles. The van der Waals surface area contributed by atoms with Crippen molar-refractivity contribution < 1.29 is 22.6 Å². The molecule has 2 aromatic rings. The maximum absolute atomic E-state index is 14.4. The molecule has 2 N–H and O–H groups in total. The van der Waals surface area contributed by atoms with Crippen molar-refractivity contribution in [3.05, 3.63) is 70.8 Å². The average Bonchev–Trinajstić information content (AvgIpc) is 2.61. The quantitative estimate of drug-likeness (QED) is 0.869. The molecule has 4 nitrogen and oxygen atoms in total. The van der Waals surface area contributed by atoms with Crippen molar-refractivity contribution in [1.82, 2.24) is 10.9 Å². The molecule has 0 bridgehead atoms. The second-order valence-electron chi connectivity index (χ2n) is 5.60. The van der Waals surface area contributed by atoms with E-state index in [-0.39, 0.29) is 11.1 Å². The molecule has 0 saturated heterocycles. The number of halogens is 3. The van der Waals surface area contributed by atoms with Gasteiger partial charge in [-0.2, -0.15) is 0 Å². The molecule has 0 atom stereocenters. The molecule has 0 spiro atoms. The lowest BCUT2D eigenvalue weighted by molar-refractivity contribution is 0.394. The summed E-state index contributed by atoms with van der Waals surface area (Å²) in [5, 5.41) is 0. The summed E-state index contributed by atoms with van der Waals surface area (Å²) in [5.41, 5.74) is 6.74. The first-order valence-electron chi connectivity index (χ1n) is 7.68. The zero-order valence-corrected chi connectivity index (χ0v) is 14.3. The minimum atomic E-state index is -1.00. The largest absolute Gasteiger partial charge is 0.497 e. The lowest BCUT2D eigenvalue weighted by Crippen LogP contribution is -2.30. The number of hydrogen-bond donors (Lipinski definition) is 2. The van der Waals surface area contributed by atoms with E-state index in [1.54, 1.807) is 25.1 Å². The molecular weight excluding hydrogens is 345 g/mol. The van der Waals surface area contributed by atoms with Gasteiger partial charge in [-0.3, -0.25) is 5.43 Å². The second-order valence-corrected chi connectivity index (χ2v) is 5.60. The first kappa shape index (κ1) is 17.7. The van der Waals surface area contributed by atoms with Gasteiger partial charge in [-0.15, -0.1) is 0 Å². The lowest BCUT2D eigenvalue weighted by atomic mass is 9.90. The number of methoxy groups -OCH3 is 2. The number of nitrogens with one attached hydrogen (secondary N) is 2. The van der Waals surface area contributed by atoms with Crippen LogP contribution in [-0.2, 0) is 0 Å². The number of hydrogen-bond acceptors (Lipinski definition) is 4. The van der Waals surface area contributed by atoms with Crippen LogP contribution in [-0.4, -0.2) is 14.2 Å². The monoisotopic (exact) mass is 361 g/mol. The Morgan fingerprint density at radius 1 is 0.885 bits per heavy atom. The van der Waals surface area contributed by atoms with Gasteiger partial charge in [-0.1, -0.05) is 0 Å². The molecule has 1 radical (unpaired) electrons. The SMILES string of the molecule is COc1cc(OC)cc(C2=[C]NNC(C)=C2c2c(F)cc(F)cc2F)c1. The predicted molar refractivity (Wildman–Crippen MR) is 91.4 cm³/mol. The number of rotatable bonds is 4. The van der Waals surface area contributed by atoms with E-state index in [4.69, 9.17) is 9.47 Å². The van der Waals surface area contributed by atoms with Gasteiger partial charge >= 0.3 is 0 Å². The molecule has 135 valence electrons. The maximum Gasteiger partial charge on any atom is 0.136 e. The molecule has 2 aromatic carbocycles. The molecule has 0 unspecified atom stereocenters. The molecule has 7 heteroatoms. The summed E-state index contributed by atoms with van der Waals surface area (Å²) in [4.78, 5) is 0. The number of ether oxygens (including phenoxy) is 2. The maximum atomic E-state index is 14.4. The summed E-state index contributed by atoms with van der Waals surface area (Å²) >= 11 is 0. The van der Waals surface area contributed by atoms with E-state index in [9.17, 15) is 13.2 Å². The molecule has 0 aromatic heterocycles. The average molecular weight is 361 g/mol. The van der Waals surface area contributed by atoms with Gasteiger partial charge in [0.1, 0.15) is 29.0 Å². The van der Waals surface area contributed by atoms with Crippen LogP contribution in [0, 0.1) is 23.7 Å². The highest BCUT2D eigenvalue weighted by Gasteiger charge is 2.25. The summed E-state index contributed by atoms with van der Waals surface area (Å²) in [7, 11) is 3.00. The summed E-state index contributed by atoms with van der Waals surface area (Å²) in [6, 6.07) is 6.33. The van der Waals surface area contributed by atoms with Crippen LogP contribution >= 0.6 is 0 Å². The van der Waals surface area contributed by atoms with E-state index in [0.717, 1.165) is 0 Å². The molecular formula is C19H16F3N2O2. The fraction of sp³-hybridized carbons (Fsp3) is 0.158. The van der Waals surface area contributed by atoms with E-state index in [0.29, 0.717) is 40.5 Å². The number of benzene rings is 2. The van der Waals surface area contributed by atoms with Crippen LogP contribution in [0.5, 0.6) is 11.5 Å². The summed E-state index contributed by atoms with van der Waals surface area (Å²) in [6.45, 7) is 1.64. The van der Waals surface area contributed by atoms with Crippen molar-refractivity contribution >= 4 is 11.1 Å². The van der Waals surface area contributed by atoms with Crippen LogP contribution in [0.4, 0.5) is 13.2 Å². The van der Waals surface area contributed by atoms with E-state index in [2.05, 4.69) is 17.1 Å². The van der Waals surface area contributed by atoms with Gasteiger partial charge < -0.3 is 14.9 Å². The number of hydrazine groups is 1. The normalized spacial score (nSPS) is 13.7. The predicted octanol–water partition coefficient (Wildman–Crippen LogP) is 3.80. The highest BCUT2D eigenvalue weighted by atomic mass is 19.1. The molecule has 0 amide bonds. The van der Waals surface area contributed by atoms with E-state index in [1.165, 1.54) is 14.2 Å². The van der Waals surface area contributed by atoms with Crippen LogP contribution in [0.3, 0.4) is 0 Å². The second kappa shape index (κ2) is 7.03. The third-order valence-corrected chi connectivity index (χ3v) is 3.96. The van der Waals surface area contributed by atoms with Crippen molar-refractivity contribution in [2.75, 3.05) is 14.2 Å². The van der Waals surface area contributed by atoms with Crippen LogP contribution < -0.4 is 20.3 Å². The van der Waals surface area contributed by atoms with Crippen molar-refractivity contribution in [2.24, 2.45) is 0 Å². The van der Waals surface area contributed by atoms with Gasteiger partial charge in [0, 0.05) is 35.0 Å². The molecule has 0 aliphatic carbocycles. The molecule has 1 aliphatic heterocycles. The third-order valence-electron chi connectivity index (χ3n) is 3.96. The van der Waals surface area contributed by atoms with Gasteiger partial charge in [-0.25, -0.2) is 13.2 Å². The molecule has 0 fully saturated rings. The van der Waals surface area contributed by atoms with Gasteiger partial charge in [0.25, 0.3) is 0 Å². The Kier molecular flexibility index (Phi) is 4.79. The fourth-order valence-electron chi connectivity index (χ4n) is 2.76. The summed E-state index contributed by atoms with van der Waals surface area (Å²) in [6.07, 6.45) is 2.85. The Balaban J connectivity index is 2.21. The van der Waals surface area contributed by atoms with Gasteiger partial charge in [0.2, 0.25) is 0 Å². The van der Waals surface area contributed by atoms with Crippen LogP contribution in [0.1, 0.15) is 18.1 Å². The standard InChI is InChI=1S/C19H16F3N2O2/c1-10-18(19-16(21)6-12(20)7-17(19)22)15(9-23-24-10)11-4-13(25-2)8-14(5-11)26-3/h4-8,23-24H,1-3H3. The Bertz CT molecular complexity index is 878. The minimum Gasteiger partial charge on any atom is -0.497 e. The smallest absolute Gasteiger partial charge is 0.136 e.